The van der Waals surface area contributed by atoms with Crippen molar-refractivity contribution >= 4 is 28.9 Å². The molecule has 1 aromatic carbocycles. The number of benzene rings is 1. The van der Waals surface area contributed by atoms with Crippen molar-refractivity contribution in [3.8, 4) is 0 Å². The number of hydrogen-bond donors (Lipinski definition) is 4. The van der Waals surface area contributed by atoms with Gasteiger partial charge in [0, 0.05) is 6.54 Å². The van der Waals surface area contributed by atoms with Crippen molar-refractivity contribution in [2.75, 3.05) is 27.2 Å². The molecule has 1 aromatic heterocycles. The fraction of sp³-hybridized carbons (Fsp3) is 0.438. The normalized spacial score (nSPS) is 11.0. The molecule has 4 N–H and O–H groups in total. The van der Waals surface area contributed by atoms with E-state index in [1.165, 1.54) is 4.85 Å². The van der Waals surface area contributed by atoms with E-state index in [-0.39, 0.29) is 0 Å². The number of aliphatic hydroxyl groups is 1. The topological polar surface area (TPSA) is 175 Å². The van der Waals surface area contributed by atoms with Gasteiger partial charge in [-0.05, 0) is 31.4 Å². The lowest BCUT2D eigenvalue weighted by atomic mass is 9.96. The van der Waals surface area contributed by atoms with Gasteiger partial charge in [0.1, 0.15) is 17.6 Å². The average molecular weight is 398 g/mol. The van der Waals surface area contributed by atoms with Gasteiger partial charge in [-0.25, -0.2) is 4.79 Å². The summed E-state index contributed by atoms with van der Waals surface area (Å²) in [6, 6.07) is 7.72. The van der Waals surface area contributed by atoms with Crippen LogP contribution < -0.4 is 4.84 Å². The first kappa shape index (κ1) is 22.8. The summed E-state index contributed by atoms with van der Waals surface area (Å²) in [5.74, 6) is -5.02. The molecule has 2 rings (SSSR count). The summed E-state index contributed by atoms with van der Waals surface area (Å²) in [7, 11) is 4.01. The summed E-state index contributed by atoms with van der Waals surface area (Å²) >= 11 is 0. The number of fused-ring (bicyclic) bond motifs is 1. The van der Waals surface area contributed by atoms with E-state index in [2.05, 4.69) is 15.2 Å². The van der Waals surface area contributed by atoms with Gasteiger partial charge in [-0.15, -0.1) is 5.10 Å². The Morgan fingerprint density at radius 3 is 2.18 bits per heavy atom. The first-order chi connectivity index (χ1) is 13.0. The van der Waals surface area contributed by atoms with Gasteiger partial charge < -0.3 is 30.2 Å². The maximum Gasteiger partial charge on any atom is 0.336 e. The number of nitrogens with zero attached hydrogens (tertiary/aromatic N) is 4. The summed E-state index contributed by atoms with van der Waals surface area (Å²) in [6.07, 6.45) is -2.29. The van der Waals surface area contributed by atoms with Crippen molar-refractivity contribution in [1.82, 2.24) is 20.1 Å². The van der Waals surface area contributed by atoms with Crippen molar-refractivity contribution in [3.05, 3.63) is 24.3 Å². The highest BCUT2D eigenvalue weighted by Gasteiger charge is 2.40. The molecule has 0 saturated heterocycles. The molecule has 0 atom stereocenters. The fourth-order valence-corrected chi connectivity index (χ4v) is 1.97. The largest absolute Gasteiger partial charge is 0.481 e. The number of rotatable bonds is 9. The fourth-order valence-electron chi connectivity index (χ4n) is 1.97. The van der Waals surface area contributed by atoms with Crippen LogP contribution in [0.2, 0.25) is 0 Å². The van der Waals surface area contributed by atoms with Crippen LogP contribution in [0.15, 0.2) is 24.3 Å². The second-order valence-electron chi connectivity index (χ2n) is 6.07. The minimum atomic E-state index is -2.74. The molecule has 12 heteroatoms. The van der Waals surface area contributed by atoms with E-state index < -0.39 is 36.4 Å². The van der Waals surface area contributed by atoms with Crippen LogP contribution in [0.3, 0.4) is 0 Å². The second-order valence-corrected chi connectivity index (χ2v) is 6.07. The molecule has 12 nitrogen and oxygen atoms in total. The Morgan fingerprint density at radius 2 is 1.68 bits per heavy atom. The van der Waals surface area contributed by atoms with Crippen LogP contribution in [0.5, 0.6) is 0 Å². The monoisotopic (exact) mass is 398 g/mol. The molecule has 0 aliphatic rings. The third-order valence-corrected chi connectivity index (χ3v) is 3.36. The van der Waals surface area contributed by atoms with Crippen LogP contribution in [-0.2, 0) is 14.4 Å². The SMILES string of the molecule is CN(C)CCOn1nnc2ccccc21.O=C(O)CC(O)(CC(=O)O)C(=O)O. The lowest BCUT2D eigenvalue weighted by molar-refractivity contribution is -0.170. The molecule has 0 spiro atoms. The molecule has 154 valence electrons. The smallest absolute Gasteiger partial charge is 0.336 e. The average Bonchev–Trinajstić information content (AvgIpc) is 2.97. The molecule has 0 saturated carbocycles. The van der Waals surface area contributed by atoms with E-state index >= 15 is 0 Å². The van der Waals surface area contributed by atoms with Crippen molar-refractivity contribution < 1.29 is 39.6 Å². The van der Waals surface area contributed by atoms with Gasteiger partial charge >= 0.3 is 17.9 Å². The summed E-state index contributed by atoms with van der Waals surface area (Å²) in [5, 5.41) is 41.7. The number of aliphatic carboxylic acids is 3. The van der Waals surface area contributed by atoms with Crippen LogP contribution in [0.25, 0.3) is 11.0 Å². The molecule has 0 unspecified atom stereocenters. The number of carbonyl (C=O) groups is 3. The Morgan fingerprint density at radius 1 is 1.11 bits per heavy atom. The van der Waals surface area contributed by atoms with Gasteiger partial charge in [0.2, 0.25) is 0 Å². The summed E-state index contributed by atoms with van der Waals surface area (Å²) in [6.45, 7) is 1.45. The molecule has 1 heterocycles. The maximum atomic E-state index is 10.3. The van der Waals surface area contributed by atoms with Crippen molar-refractivity contribution in [1.29, 1.82) is 0 Å². The molecule has 2 aromatic rings. The van der Waals surface area contributed by atoms with Crippen LogP contribution >= 0.6 is 0 Å². The van der Waals surface area contributed by atoms with Gasteiger partial charge in [0.15, 0.2) is 5.60 Å². The minimum Gasteiger partial charge on any atom is -0.481 e. The number of hydrogen-bond acceptors (Lipinski definition) is 8. The third kappa shape index (κ3) is 7.17. The second kappa shape index (κ2) is 10.2. The highest BCUT2D eigenvalue weighted by Crippen LogP contribution is 2.15. The predicted octanol–water partition coefficient (Wildman–Crippen LogP) is -0.827. The Hall–Kier alpha value is -3.25. The van der Waals surface area contributed by atoms with Gasteiger partial charge in [-0.3, -0.25) is 9.59 Å². The Bertz CT molecular complexity index is 804. The molecule has 0 aliphatic carbocycles. The Kier molecular flexibility index (Phi) is 8.29. The number of carboxylic acids is 3. The molecule has 0 bridgehead atoms. The van der Waals surface area contributed by atoms with Gasteiger partial charge in [0.25, 0.3) is 0 Å². The molecule has 0 radical (unpaired) electrons. The Balaban J connectivity index is 0.000000284. The van der Waals surface area contributed by atoms with E-state index in [1.54, 1.807) is 0 Å². The molecule has 0 aliphatic heterocycles. The number of para-hydroxylation sites is 1. The predicted molar refractivity (Wildman–Crippen MR) is 94.6 cm³/mol. The summed E-state index contributed by atoms with van der Waals surface area (Å²) in [4.78, 5) is 39.5. The maximum absolute atomic E-state index is 10.3. The zero-order valence-corrected chi connectivity index (χ0v) is 15.3. The van der Waals surface area contributed by atoms with Crippen LogP contribution in [0.4, 0.5) is 0 Å². The standard InChI is InChI=1S/C10H14N4O.C6H8O7/c1-13(2)7-8-15-14-10-6-4-3-5-9(10)11-12-14;7-3(8)1-6(13,5(11)12)2-4(9)10/h3-6H,7-8H2,1-2H3;13H,1-2H2,(H,7,8)(H,9,10)(H,11,12). The lowest BCUT2D eigenvalue weighted by Gasteiger charge is -2.18. The van der Waals surface area contributed by atoms with Crippen molar-refractivity contribution in [2.24, 2.45) is 0 Å². The van der Waals surface area contributed by atoms with Crippen LogP contribution in [0, 0.1) is 0 Å². The van der Waals surface area contributed by atoms with E-state index in [0.717, 1.165) is 17.6 Å². The van der Waals surface area contributed by atoms with Crippen LogP contribution in [0.1, 0.15) is 12.8 Å². The van der Waals surface area contributed by atoms with Gasteiger partial charge in [-0.2, -0.15) is 0 Å². The number of likely N-dealkylation sites (N-methyl/N-ethyl adjacent to an activating group) is 1. The summed E-state index contributed by atoms with van der Waals surface area (Å²) < 4.78 is 0. The molecule has 0 fully saturated rings. The molecular weight excluding hydrogens is 376 g/mol. The van der Waals surface area contributed by atoms with Crippen molar-refractivity contribution in [2.45, 2.75) is 18.4 Å². The number of carboxylic acid groups (broad SMARTS) is 3. The summed E-state index contributed by atoms with van der Waals surface area (Å²) in [5.41, 5.74) is -0.990. The van der Waals surface area contributed by atoms with Crippen molar-refractivity contribution in [3.63, 3.8) is 0 Å². The Labute approximate surface area is 159 Å². The highest BCUT2D eigenvalue weighted by molar-refractivity contribution is 5.88. The highest BCUT2D eigenvalue weighted by atomic mass is 16.7. The van der Waals surface area contributed by atoms with Gasteiger partial charge in [-0.1, -0.05) is 17.0 Å². The zero-order valence-electron chi connectivity index (χ0n) is 15.3. The first-order valence-electron chi connectivity index (χ1n) is 8.03. The van der Waals surface area contributed by atoms with Gasteiger partial charge in [0.05, 0.1) is 12.8 Å². The molecular formula is C16H22N4O8. The lowest BCUT2D eigenvalue weighted by Crippen LogP contribution is -2.42. The zero-order chi connectivity index (χ0) is 21.3. The van der Waals surface area contributed by atoms with E-state index in [1.807, 2.05) is 38.4 Å². The minimum absolute atomic E-state index is 0.598. The first-order valence-corrected chi connectivity index (χ1v) is 8.03. The quantitative estimate of drug-likeness (QED) is 0.415. The van der Waals surface area contributed by atoms with E-state index in [4.69, 9.17) is 25.3 Å². The molecule has 28 heavy (non-hydrogen) atoms. The van der Waals surface area contributed by atoms with E-state index in [0.29, 0.717) is 6.61 Å². The third-order valence-electron chi connectivity index (χ3n) is 3.36. The van der Waals surface area contributed by atoms with Crippen LogP contribution in [-0.4, -0.2) is 91.2 Å². The van der Waals surface area contributed by atoms with E-state index in [9.17, 15) is 14.4 Å². The molecule has 0 amide bonds. The number of aromatic nitrogens is 3.